The molecule has 6 heteroatoms. The average molecular weight is 301 g/mol. The third-order valence-corrected chi connectivity index (χ3v) is 3.04. The van der Waals surface area contributed by atoms with Gasteiger partial charge in [-0.1, -0.05) is 32.0 Å². The Balaban J connectivity index is 2.25. The minimum atomic E-state index is -1.06. The van der Waals surface area contributed by atoms with Crippen molar-refractivity contribution in [3.8, 4) is 0 Å². The highest BCUT2D eigenvalue weighted by molar-refractivity contribution is 6.07. The summed E-state index contributed by atoms with van der Waals surface area (Å²) in [6.45, 7) is 4.43. The zero-order chi connectivity index (χ0) is 16.1. The van der Waals surface area contributed by atoms with Crippen molar-refractivity contribution in [2.24, 2.45) is 5.92 Å². The lowest BCUT2D eigenvalue weighted by Crippen LogP contribution is -2.35. The lowest BCUT2D eigenvalue weighted by Gasteiger charge is -2.20. The van der Waals surface area contributed by atoms with Gasteiger partial charge in [-0.15, -0.1) is 0 Å². The number of carboxylic acids is 1. The molecular formula is C16H19N3O3. The maximum Gasteiger partial charge on any atom is 0.323 e. The Morgan fingerprint density at radius 3 is 2.55 bits per heavy atom. The van der Waals surface area contributed by atoms with Gasteiger partial charge in [0.2, 0.25) is 0 Å². The quantitative estimate of drug-likeness (QED) is 0.888. The van der Waals surface area contributed by atoms with E-state index in [1.807, 2.05) is 6.07 Å². The van der Waals surface area contributed by atoms with Gasteiger partial charge < -0.3 is 5.11 Å². The molecule has 1 N–H and O–H groups in total. The van der Waals surface area contributed by atoms with Crippen LogP contribution in [0.3, 0.4) is 0 Å². The molecule has 2 aromatic rings. The fraction of sp³-hybridized carbons (Fsp3) is 0.312. The van der Waals surface area contributed by atoms with Gasteiger partial charge in [0.1, 0.15) is 6.54 Å². The van der Waals surface area contributed by atoms with Crippen molar-refractivity contribution in [1.82, 2.24) is 9.78 Å². The first kappa shape index (κ1) is 15.8. The van der Waals surface area contributed by atoms with Gasteiger partial charge in [-0.25, -0.2) is 0 Å². The second-order valence-electron chi connectivity index (χ2n) is 5.47. The number of carboxylic acid groups (broad SMARTS) is 1. The number of nitrogens with zero attached hydrogens (tertiary/aromatic N) is 3. The van der Waals surface area contributed by atoms with E-state index < -0.39 is 12.5 Å². The van der Waals surface area contributed by atoms with Crippen LogP contribution >= 0.6 is 0 Å². The molecule has 0 aliphatic heterocycles. The lowest BCUT2D eigenvalue weighted by molar-refractivity contribution is -0.135. The number of anilines is 1. The Labute approximate surface area is 129 Å². The Hall–Kier alpha value is -2.63. The molecule has 116 valence electrons. The third kappa shape index (κ3) is 3.94. The fourth-order valence-corrected chi connectivity index (χ4v) is 2.13. The van der Waals surface area contributed by atoms with E-state index in [4.69, 9.17) is 5.11 Å². The van der Waals surface area contributed by atoms with E-state index in [0.29, 0.717) is 23.7 Å². The smallest absolute Gasteiger partial charge is 0.323 e. The standard InChI is InChI=1S/C16H19N3O3/c1-12(2)9-18-10-13(8-17-18)16(22)19(11-15(20)21)14-6-4-3-5-7-14/h3-8,10,12H,9,11H2,1-2H3,(H,20,21). The van der Waals surface area contributed by atoms with Gasteiger partial charge in [0.05, 0.1) is 11.8 Å². The van der Waals surface area contributed by atoms with E-state index in [2.05, 4.69) is 18.9 Å². The molecule has 2 rings (SSSR count). The summed E-state index contributed by atoms with van der Waals surface area (Å²) in [5.74, 6) is -1.03. The second kappa shape index (κ2) is 6.89. The molecule has 0 atom stereocenters. The van der Waals surface area contributed by atoms with Gasteiger partial charge in [-0.3, -0.25) is 19.2 Å². The Morgan fingerprint density at radius 1 is 1.27 bits per heavy atom. The number of amides is 1. The molecule has 1 amide bonds. The molecule has 0 radical (unpaired) electrons. The Kier molecular flexibility index (Phi) is 4.93. The highest BCUT2D eigenvalue weighted by Crippen LogP contribution is 2.16. The first-order valence-corrected chi connectivity index (χ1v) is 7.08. The highest BCUT2D eigenvalue weighted by Gasteiger charge is 2.21. The van der Waals surface area contributed by atoms with Crippen molar-refractivity contribution in [2.45, 2.75) is 20.4 Å². The van der Waals surface area contributed by atoms with Gasteiger partial charge in [-0.2, -0.15) is 5.10 Å². The highest BCUT2D eigenvalue weighted by atomic mass is 16.4. The van der Waals surface area contributed by atoms with Crippen LogP contribution in [0.4, 0.5) is 5.69 Å². The summed E-state index contributed by atoms with van der Waals surface area (Å²) in [5, 5.41) is 13.2. The van der Waals surface area contributed by atoms with Crippen LogP contribution in [0.5, 0.6) is 0 Å². The summed E-state index contributed by atoms with van der Waals surface area (Å²) in [4.78, 5) is 24.9. The van der Waals surface area contributed by atoms with Crippen molar-refractivity contribution in [3.05, 3.63) is 48.3 Å². The molecule has 0 fully saturated rings. The molecule has 0 spiro atoms. The van der Waals surface area contributed by atoms with E-state index in [1.165, 1.54) is 11.1 Å². The van der Waals surface area contributed by atoms with E-state index >= 15 is 0 Å². The summed E-state index contributed by atoms with van der Waals surface area (Å²) >= 11 is 0. The Bertz CT molecular complexity index is 650. The molecule has 0 saturated heterocycles. The summed E-state index contributed by atoms with van der Waals surface area (Å²) in [7, 11) is 0. The van der Waals surface area contributed by atoms with Crippen LogP contribution in [-0.2, 0) is 11.3 Å². The zero-order valence-electron chi connectivity index (χ0n) is 12.6. The molecule has 22 heavy (non-hydrogen) atoms. The number of hydrogen-bond acceptors (Lipinski definition) is 3. The van der Waals surface area contributed by atoms with Crippen molar-refractivity contribution in [1.29, 1.82) is 0 Å². The number of benzene rings is 1. The monoisotopic (exact) mass is 301 g/mol. The van der Waals surface area contributed by atoms with E-state index in [1.54, 1.807) is 35.1 Å². The van der Waals surface area contributed by atoms with E-state index in [-0.39, 0.29) is 5.91 Å². The largest absolute Gasteiger partial charge is 0.480 e. The van der Waals surface area contributed by atoms with Crippen LogP contribution in [0.15, 0.2) is 42.7 Å². The van der Waals surface area contributed by atoms with E-state index in [9.17, 15) is 9.59 Å². The summed E-state index contributed by atoms with van der Waals surface area (Å²) < 4.78 is 1.70. The molecule has 1 aromatic carbocycles. The van der Waals surface area contributed by atoms with Crippen LogP contribution in [0.25, 0.3) is 0 Å². The minimum Gasteiger partial charge on any atom is -0.480 e. The number of rotatable bonds is 6. The molecule has 0 bridgehead atoms. The third-order valence-electron chi connectivity index (χ3n) is 3.04. The lowest BCUT2D eigenvalue weighted by atomic mass is 10.2. The van der Waals surface area contributed by atoms with Crippen molar-refractivity contribution < 1.29 is 14.7 Å². The predicted octanol–water partition coefficient (Wildman–Crippen LogP) is 2.27. The first-order valence-electron chi connectivity index (χ1n) is 7.08. The van der Waals surface area contributed by atoms with Gasteiger partial charge in [-0.05, 0) is 18.1 Å². The number of aliphatic carboxylic acids is 1. The predicted molar refractivity (Wildman–Crippen MR) is 82.8 cm³/mol. The van der Waals surface area contributed by atoms with Crippen LogP contribution in [0.2, 0.25) is 0 Å². The van der Waals surface area contributed by atoms with Crippen molar-refractivity contribution >= 4 is 17.6 Å². The molecule has 0 aliphatic rings. The molecule has 0 aliphatic carbocycles. The van der Waals surface area contributed by atoms with Gasteiger partial charge in [0, 0.05) is 18.4 Å². The number of carbonyl (C=O) groups excluding carboxylic acids is 1. The summed E-state index contributed by atoms with van der Waals surface area (Å²) in [6.07, 6.45) is 3.13. The molecule has 0 unspecified atom stereocenters. The summed E-state index contributed by atoms with van der Waals surface area (Å²) in [5.41, 5.74) is 0.928. The number of aromatic nitrogens is 2. The van der Waals surface area contributed by atoms with Crippen LogP contribution < -0.4 is 4.90 Å². The first-order chi connectivity index (χ1) is 10.5. The van der Waals surface area contributed by atoms with Crippen LogP contribution in [0.1, 0.15) is 24.2 Å². The summed E-state index contributed by atoms with van der Waals surface area (Å²) in [6, 6.07) is 8.76. The van der Waals surface area contributed by atoms with Crippen molar-refractivity contribution in [3.63, 3.8) is 0 Å². The SMILES string of the molecule is CC(C)Cn1cc(C(=O)N(CC(=O)O)c2ccccc2)cn1. The van der Waals surface area contributed by atoms with Gasteiger partial charge >= 0.3 is 5.97 Å². The fourth-order valence-electron chi connectivity index (χ4n) is 2.13. The molecule has 1 aromatic heterocycles. The molecule has 6 nitrogen and oxygen atoms in total. The zero-order valence-corrected chi connectivity index (χ0v) is 12.6. The maximum atomic E-state index is 12.6. The molecule has 1 heterocycles. The number of carbonyl (C=O) groups is 2. The molecular weight excluding hydrogens is 282 g/mol. The molecule has 0 saturated carbocycles. The number of para-hydroxylation sites is 1. The van der Waals surface area contributed by atoms with Crippen LogP contribution in [-0.4, -0.2) is 33.3 Å². The topological polar surface area (TPSA) is 75.4 Å². The van der Waals surface area contributed by atoms with Gasteiger partial charge in [0.15, 0.2) is 0 Å². The Morgan fingerprint density at radius 2 is 1.95 bits per heavy atom. The maximum absolute atomic E-state index is 12.6. The average Bonchev–Trinajstić information content (AvgIpc) is 2.92. The van der Waals surface area contributed by atoms with Crippen molar-refractivity contribution in [2.75, 3.05) is 11.4 Å². The van der Waals surface area contributed by atoms with Crippen LogP contribution in [0, 0.1) is 5.92 Å². The number of hydrogen-bond donors (Lipinski definition) is 1. The van der Waals surface area contributed by atoms with Gasteiger partial charge in [0.25, 0.3) is 5.91 Å². The minimum absolute atomic E-state index is 0.372. The second-order valence-corrected chi connectivity index (χ2v) is 5.47. The van der Waals surface area contributed by atoms with E-state index in [0.717, 1.165) is 0 Å². The normalized spacial score (nSPS) is 10.7.